The second kappa shape index (κ2) is 5.40. The third kappa shape index (κ3) is 3.01. The molecule has 2 rings (SSSR count). The number of nitrogens with one attached hydrogen (secondary N) is 1. The van der Waals surface area contributed by atoms with E-state index in [0.717, 1.165) is 18.4 Å². The molecule has 0 aliphatic heterocycles. The topological polar surface area (TPSA) is 69.6 Å². The van der Waals surface area contributed by atoms with Gasteiger partial charge in [0.05, 0.1) is 5.56 Å². The number of phenolic OH excluding ortho intramolecular Hbond substituents is 1. The zero-order chi connectivity index (χ0) is 13.1. The summed E-state index contributed by atoms with van der Waals surface area (Å²) >= 11 is 0. The minimum absolute atomic E-state index is 0.00311. The maximum atomic E-state index is 12.1. The molecule has 0 aromatic heterocycles. The molecule has 1 amide bonds. The maximum Gasteiger partial charge on any atom is 0.255 e. The normalized spacial score (nSPS) is 16.3. The van der Waals surface area contributed by atoms with E-state index >= 15 is 0 Å². The van der Waals surface area contributed by atoms with Crippen LogP contribution in [0.3, 0.4) is 0 Å². The van der Waals surface area contributed by atoms with Gasteiger partial charge in [-0.3, -0.25) is 4.79 Å². The average molecular weight is 249 g/mol. The van der Waals surface area contributed by atoms with E-state index in [1.807, 2.05) is 6.92 Å². The zero-order valence-electron chi connectivity index (χ0n) is 10.5. The van der Waals surface area contributed by atoms with Crippen molar-refractivity contribution in [2.45, 2.75) is 32.2 Å². The fourth-order valence-electron chi connectivity index (χ4n) is 2.14. The molecule has 18 heavy (non-hydrogen) atoms. The molecule has 0 heterocycles. The summed E-state index contributed by atoms with van der Waals surface area (Å²) in [5.74, 6) is 0.214. The Morgan fingerprint density at radius 2 is 2.22 bits per heavy atom. The van der Waals surface area contributed by atoms with E-state index in [9.17, 15) is 9.90 Å². The van der Waals surface area contributed by atoms with Gasteiger partial charge in [0, 0.05) is 12.6 Å². The van der Waals surface area contributed by atoms with Crippen LogP contribution >= 0.6 is 0 Å². The summed E-state index contributed by atoms with van der Waals surface area (Å²) < 4.78 is 0. The molecule has 1 saturated carbocycles. The van der Waals surface area contributed by atoms with Crippen molar-refractivity contribution in [2.24, 2.45) is 5.92 Å². The number of amides is 1. The quantitative estimate of drug-likeness (QED) is 0.742. The van der Waals surface area contributed by atoms with Crippen molar-refractivity contribution in [3.8, 4) is 5.75 Å². The van der Waals surface area contributed by atoms with Gasteiger partial charge in [-0.05, 0) is 44.2 Å². The molecule has 0 spiro atoms. The number of hydrogen-bond acceptors (Lipinski definition) is 3. The van der Waals surface area contributed by atoms with Crippen LogP contribution in [0.5, 0.6) is 5.75 Å². The molecule has 3 N–H and O–H groups in total. The van der Waals surface area contributed by atoms with Gasteiger partial charge in [0.15, 0.2) is 0 Å². The highest BCUT2D eigenvalue weighted by atomic mass is 16.3. The number of rotatable bonds is 5. The Bertz CT molecular complexity index is 441. The number of carbonyl (C=O) groups excluding carboxylic acids is 1. The van der Waals surface area contributed by atoms with E-state index in [-0.39, 0.29) is 24.3 Å². The van der Waals surface area contributed by atoms with Gasteiger partial charge in [-0.1, -0.05) is 11.6 Å². The molecule has 0 bridgehead atoms. The molecular weight excluding hydrogens is 230 g/mol. The lowest BCUT2D eigenvalue weighted by atomic mass is 10.1. The first-order valence-corrected chi connectivity index (χ1v) is 6.33. The summed E-state index contributed by atoms with van der Waals surface area (Å²) in [6.07, 6.45) is 2.78. The SMILES string of the molecule is Cc1ccc(O)c(C(=O)NC(CCO)C2CC2)c1. The lowest BCUT2D eigenvalue weighted by molar-refractivity contribution is 0.0921. The second-order valence-corrected chi connectivity index (χ2v) is 4.95. The van der Waals surface area contributed by atoms with Crippen molar-refractivity contribution in [2.75, 3.05) is 6.61 Å². The minimum atomic E-state index is -0.262. The molecule has 1 aromatic carbocycles. The van der Waals surface area contributed by atoms with Gasteiger partial charge in [-0.2, -0.15) is 0 Å². The van der Waals surface area contributed by atoms with Crippen LogP contribution in [0.1, 0.15) is 35.2 Å². The Labute approximate surface area is 107 Å². The fraction of sp³-hybridized carbons (Fsp3) is 0.500. The van der Waals surface area contributed by atoms with Gasteiger partial charge < -0.3 is 15.5 Å². The first-order chi connectivity index (χ1) is 8.61. The van der Waals surface area contributed by atoms with Crippen LogP contribution in [-0.2, 0) is 0 Å². The summed E-state index contributed by atoms with van der Waals surface area (Å²) in [5.41, 5.74) is 1.24. The van der Waals surface area contributed by atoms with Crippen molar-refractivity contribution < 1.29 is 15.0 Å². The van der Waals surface area contributed by atoms with Crippen LogP contribution in [0.2, 0.25) is 0 Å². The highest BCUT2D eigenvalue weighted by Gasteiger charge is 2.32. The summed E-state index contributed by atoms with van der Waals surface area (Å²) in [6, 6.07) is 4.98. The van der Waals surface area contributed by atoms with Gasteiger partial charge >= 0.3 is 0 Å². The zero-order valence-corrected chi connectivity index (χ0v) is 10.5. The highest BCUT2D eigenvalue weighted by Crippen LogP contribution is 2.34. The first-order valence-electron chi connectivity index (χ1n) is 6.33. The smallest absolute Gasteiger partial charge is 0.255 e. The second-order valence-electron chi connectivity index (χ2n) is 4.95. The number of carbonyl (C=O) groups is 1. The molecule has 4 heteroatoms. The summed E-state index contributed by atoms with van der Waals surface area (Å²) in [7, 11) is 0. The summed E-state index contributed by atoms with van der Waals surface area (Å²) in [5, 5.41) is 21.6. The molecule has 1 unspecified atom stereocenters. The largest absolute Gasteiger partial charge is 0.507 e. The molecule has 1 aliphatic rings. The van der Waals surface area contributed by atoms with Gasteiger partial charge in [-0.15, -0.1) is 0 Å². The number of phenols is 1. The van der Waals surface area contributed by atoms with E-state index < -0.39 is 0 Å². The maximum absolute atomic E-state index is 12.1. The lowest BCUT2D eigenvalue weighted by Crippen LogP contribution is -2.37. The van der Waals surface area contributed by atoms with Crippen LogP contribution in [-0.4, -0.2) is 28.8 Å². The van der Waals surface area contributed by atoms with Crippen LogP contribution in [0, 0.1) is 12.8 Å². The van der Waals surface area contributed by atoms with Gasteiger partial charge in [0.1, 0.15) is 5.75 Å². The van der Waals surface area contributed by atoms with Crippen molar-refractivity contribution in [3.05, 3.63) is 29.3 Å². The molecule has 1 aliphatic carbocycles. The molecule has 0 saturated heterocycles. The van der Waals surface area contributed by atoms with Crippen molar-refractivity contribution in [3.63, 3.8) is 0 Å². The van der Waals surface area contributed by atoms with E-state index in [4.69, 9.17) is 5.11 Å². The highest BCUT2D eigenvalue weighted by molar-refractivity contribution is 5.97. The molecule has 4 nitrogen and oxygen atoms in total. The predicted octanol–water partition coefficient (Wildman–Crippen LogP) is 1.59. The Hall–Kier alpha value is -1.55. The summed E-state index contributed by atoms with van der Waals surface area (Å²) in [4.78, 5) is 12.1. The van der Waals surface area contributed by atoms with Crippen molar-refractivity contribution >= 4 is 5.91 Å². The van der Waals surface area contributed by atoms with Crippen molar-refractivity contribution in [1.82, 2.24) is 5.32 Å². The van der Waals surface area contributed by atoms with Gasteiger partial charge in [0.2, 0.25) is 0 Å². The van der Waals surface area contributed by atoms with Crippen LogP contribution < -0.4 is 5.32 Å². The van der Waals surface area contributed by atoms with E-state index in [1.165, 1.54) is 6.07 Å². The Balaban J connectivity index is 2.07. The number of aliphatic hydroxyl groups excluding tert-OH is 1. The van der Waals surface area contributed by atoms with Gasteiger partial charge in [0.25, 0.3) is 5.91 Å². The third-order valence-corrected chi connectivity index (χ3v) is 3.34. The number of hydrogen-bond donors (Lipinski definition) is 3. The number of aliphatic hydroxyl groups is 1. The molecular formula is C14H19NO3. The average Bonchev–Trinajstić information content (AvgIpc) is 3.15. The minimum Gasteiger partial charge on any atom is -0.507 e. The number of aromatic hydroxyl groups is 1. The Morgan fingerprint density at radius 3 is 2.83 bits per heavy atom. The van der Waals surface area contributed by atoms with Gasteiger partial charge in [-0.25, -0.2) is 0 Å². The Morgan fingerprint density at radius 1 is 1.50 bits per heavy atom. The summed E-state index contributed by atoms with van der Waals surface area (Å²) in [6.45, 7) is 1.95. The molecule has 1 atom stereocenters. The Kier molecular flexibility index (Phi) is 3.87. The van der Waals surface area contributed by atoms with E-state index in [1.54, 1.807) is 12.1 Å². The van der Waals surface area contributed by atoms with E-state index in [0.29, 0.717) is 17.9 Å². The van der Waals surface area contributed by atoms with Crippen LogP contribution in [0.25, 0.3) is 0 Å². The van der Waals surface area contributed by atoms with Crippen LogP contribution in [0.4, 0.5) is 0 Å². The molecule has 1 aromatic rings. The standard InChI is InChI=1S/C14H19NO3/c1-9-2-5-13(17)11(8-9)14(18)15-12(6-7-16)10-3-4-10/h2,5,8,10,12,16-17H,3-4,6-7H2,1H3,(H,15,18). The van der Waals surface area contributed by atoms with Crippen molar-refractivity contribution in [1.29, 1.82) is 0 Å². The fourth-order valence-corrected chi connectivity index (χ4v) is 2.14. The monoisotopic (exact) mass is 249 g/mol. The lowest BCUT2D eigenvalue weighted by Gasteiger charge is -2.17. The predicted molar refractivity (Wildman–Crippen MR) is 68.5 cm³/mol. The molecule has 0 radical (unpaired) electrons. The molecule has 1 fully saturated rings. The third-order valence-electron chi connectivity index (χ3n) is 3.34. The van der Waals surface area contributed by atoms with E-state index in [2.05, 4.69) is 5.32 Å². The first kappa shape index (κ1) is 12.9. The molecule has 98 valence electrons. The van der Waals surface area contributed by atoms with Crippen LogP contribution in [0.15, 0.2) is 18.2 Å². The number of aryl methyl sites for hydroxylation is 1. The number of benzene rings is 1.